The van der Waals surface area contributed by atoms with Crippen molar-refractivity contribution >= 4 is 17.3 Å². The Bertz CT molecular complexity index is 418. The summed E-state index contributed by atoms with van der Waals surface area (Å²) in [7, 11) is 3.13. The Balaban J connectivity index is 2.15. The lowest BCUT2D eigenvalue weighted by atomic mass is 10.3. The molecule has 0 atom stereocenters. The predicted molar refractivity (Wildman–Crippen MR) is 80.7 cm³/mol. The SMILES string of the molecule is CN=C(NCCCN(C)CC(F)(F)F)NCc1ccsc1. The molecule has 4 nitrogen and oxygen atoms in total. The van der Waals surface area contributed by atoms with Crippen LogP contribution < -0.4 is 10.6 Å². The van der Waals surface area contributed by atoms with Crippen LogP contribution in [0.25, 0.3) is 0 Å². The lowest BCUT2D eigenvalue weighted by Crippen LogP contribution is -2.38. The second-order valence-electron chi connectivity index (χ2n) is 4.69. The van der Waals surface area contributed by atoms with Crippen LogP contribution in [-0.4, -0.2) is 50.8 Å². The molecule has 0 amide bonds. The number of nitrogens with one attached hydrogen (secondary N) is 2. The molecule has 0 fully saturated rings. The van der Waals surface area contributed by atoms with Crippen LogP contribution in [0.5, 0.6) is 0 Å². The van der Waals surface area contributed by atoms with E-state index < -0.39 is 12.7 Å². The summed E-state index contributed by atoms with van der Waals surface area (Å²) in [5.41, 5.74) is 1.17. The molecule has 0 spiro atoms. The van der Waals surface area contributed by atoms with Crippen molar-refractivity contribution in [3.05, 3.63) is 22.4 Å². The number of hydrogen-bond acceptors (Lipinski definition) is 3. The summed E-state index contributed by atoms with van der Waals surface area (Å²) in [4.78, 5) is 5.33. The third-order valence-corrected chi connectivity index (χ3v) is 3.45. The Kier molecular flexibility index (Phi) is 7.52. The van der Waals surface area contributed by atoms with E-state index in [2.05, 4.69) is 15.6 Å². The Morgan fingerprint density at radius 1 is 1.38 bits per heavy atom. The zero-order valence-corrected chi connectivity index (χ0v) is 13.0. The number of rotatable bonds is 7. The van der Waals surface area contributed by atoms with Crippen LogP contribution in [0.1, 0.15) is 12.0 Å². The monoisotopic (exact) mass is 322 g/mol. The van der Waals surface area contributed by atoms with Gasteiger partial charge in [-0.05, 0) is 42.4 Å². The van der Waals surface area contributed by atoms with Gasteiger partial charge in [-0.2, -0.15) is 24.5 Å². The summed E-state index contributed by atoms with van der Waals surface area (Å²) in [6.07, 6.45) is -3.52. The number of nitrogens with zero attached hydrogens (tertiary/aromatic N) is 2. The first-order valence-electron chi connectivity index (χ1n) is 6.61. The maximum absolute atomic E-state index is 12.1. The standard InChI is InChI=1S/C13H21F3N4S/c1-17-12(19-8-11-4-7-21-9-11)18-5-3-6-20(2)10-13(14,15)16/h4,7,9H,3,5-6,8,10H2,1-2H3,(H2,17,18,19). The number of halogens is 3. The second-order valence-corrected chi connectivity index (χ2v) is 5.47. The van der Waals surface area contributed by atoms with Gasteiger partial charge in [0.15, 0.2) is 5.96 Å². The number of hydrogen-bond donors (Lipinski definition) is 2. The molecule has 0 radical (unpaired) electrons. The van der Waals surface area contributed by atoms with Gasteiger partial charge in [0.05, 0.1) is 6.54 Å². The van der Waals surface area contributed by atoms with E-state index in [1.807, 2.05) is 16.8 Å². The molecule has 0 bridgehead atoms. The average Bonchev–Trinajstić information content (AvgIpc) is 2.89. The minimum Gasteiger partial charge on any atom is -0.356 e. The smallest absolute Gasteiger partial charge is 0.356 e. The third kappa shape index (κ3) is 8.56. The summed E-state index contributed by atoms with van der Waals surface area (Å²) in [5, 5.41) is 10.3. The van der Waals surface area contributed by atoms with Crippen LogP contribution in [0, 0.1) is 0 Å². The molecule has 0 unspecified atom stereocenters. The van der Waals surface area contributed by atoms with Crippen molar-refractivity contribution < 1.29 is 13.2 Å². The predicted octanol–water partition coefficient (Wildman–Crippen LogP) is 2.30. The van der Waals surface area contributed by atoms with Crippen molar-refractivity contribution in [3.63, 3.8) is 0 Å². The van der Waals surface area contributed by atoms with Crippen LogP contribution in [0.3, 0.4) is 0 Å². The maximum Gasteiger partial charge on any atom is 0.401 e. The maximum atomic E-state index is 12.1. The zero-order valence-electron chi connectivity index (χ0n) is 12.2. The molecule has 120 valence electrons. The molecular formula is C13H21F3N4S. The van der Waals surface area contributed by atoms with Crippen molar-refractivity contribution in [1.29, 1.82) is 0 Å². The molecule has 0 aliphatic heterocycles. The molecule has 0 aliphatic rings. The molecule has 0 aromatic carbocycles. The van der Waals surface area contributed by atoms with Gasteiger partial charge >= 0.3 is 6.18 Å². The van der Waals surface area contributed by atoms with Gasteiger partial charge in [-0.15, -0.1) is 0 Å². The van der Waals surface area contributed by atoms with Crippen molar-refractivity contribution in [2.45, 2.75) is 19.1 Å². The van der Waals surface area contributed by atoms with Crippen LogP contribution in [0.4, 0.5) is 13.2 Å². The van der Waals surface area contributed by atoms with Crippen LogP contribution in [0.2, 0.25) is 0 Å². The summed E-state index contributed by atoms with van der Waals surface area (Å²) in [5.74, 6) is 0.652. The Hall–Kier alpha value is -1.28. The number of thiophene rings is 1. The first kappa shape index (κ1) is 17.8. The van der Waals surface area contributed by atoms with E-state index in [1.165, 1.54) is 17.5 Å². The Labute approximate surface area is 127 Å². The van der Waals surface area contributed by atoms with Crippen molar-refractivity contribution in [2.24, 2.45) is 4.99 Å². The van der Waals surface area contributed by atoms with E-state index >= 15 is 0 Å². The molecule has 2 N–H and O–H groups in total. The number of guanidine groups is 1. The quantitative estimate of drug-likeness (QED) is 0.460. The fourth-order valence-electron chi connectivity index (χ4n) is 1.74. The van der Waals surface area contributed by atoms with Crippen molar-refractivity contribution in [1.82, 2.24) is 15.5 Å². The Morgan fingerprint density at radius 3 is 2.71 bits per heavy atom. The molecule has 0 saturated carbocycles. The molecule has 1 aromatic heterocycles. The van der Waals surface area contributed by atoms with Crippen molar-refractivity contribution in [3.8, 4) is 0 Å². The normalized spacial score (nSPS) is 12.8. The lowest BCUT2D eigenvalue weighted by molar-refractivity contribution is -0.143. The average molecular weight is 322 g/mol. The van der Waals surface area contributed by atoms with Gasteiger partial charge in [0, 0.05) is 20.1 Å². The minimum absolute atomic E-state index is 0.383. The Morgan fingerprint density at radius 2 is 2.14 bits per heavy atom. The van der Waals surface area contributed by atoms with E-state index in [9.17, 15) is 13.2 Å². The van der Waals surface area contributed by atoms with E-state index in [-0.39, 0.29) is 0 Å². The summed E-state index contributed by atoms with van der Waals surface area (Å²) >= 11 is 1.63. The van der Waals surface area contributed by atoms with E-state index in [0.29, 0.717) is 32.0 Å². The number of aliphatic imine (C=N–C) groups is 1. The highest BCUT2D eigenvalue weighted by Gasteiger charge is 2.28. The molecule has 1 rings (SSSR count). The molecule has 0 saturated heterocycles. The summed E-state index contributed by atoms with van der Waals surface area (Å²) in [6.45, 7) is 0.759. The summed E-state index contributed by atoms with van der Waals surface area (Å²) < 4.78 is 36.4. The fraction of sp³-hybridized carbons (Fsp3) is 0.615. The fourth-order valence-corrected chi connectivity index (χ4v) is 2.41. The van der Waals surface area contributed by atoms with Gasteiger partial charge in [0.1, 0.15) is 0 Å². The van der Waals surface area contributed by atoms with Gasteiger partial charge in [0.2, 0.25) is 0 Å². The zero-order chi connectivity index (χ0) is 15.7. The molecule has 1 aromatic rings. The van der Waals surface area contributed by atoms with Gasteiger partial charge in [-0.1, -0.05) is 0 Å². The highest BCUT2D eigenvalue weighted by atomic mass is 32.1. The van der Waals surface area contributed by atoms with E-state index in [0.717, 1.165) is 0 Å². The molecule has 8 heteroatoms. The van der Waals surface area contributed by atoms with Gasteiger partial charge in [-0.25, -0.2) is 0 Å². The van der Waals surface area contributed by atoms with E-state index in [1.54, 1.807) is 18.4 Å². The molecule has 21 heavy (non-hydrogen) atoms. The first-order valence-corrected chi connectivity index (χ1v) is 7.56. The topological polar surface area (TPSA) is 39.7 Å². The van der Waals surface area contributed by atoms with Gasteiger partial charge in [-0.3, -0.25) is 9.89 Å². The highest BCUT2D eigenvalue weighted by molar-refractivity contribution is 7.07. The van der Waals surface area contributed by atoms with E-state index in [4.69, 9.17) is 0 Å². The first-order chi connectivity index (χ1) is 9.90. The largest absolute Gasteiger partial charge is 0.401 e. The minimum atomic E-state index is -4.14. The van der Waals surface area contributed by atoms with Gasteiger partial charge in [0.25, 0.3) is 0 Å². The van der Waals surface area contributed by atoms with Crippen LogP contribution in [-0.2, 0) is 6.54 Å². The summed E-state index contributed by atoms with van der Waals surface area (Å²) in [6, 6.07) is 2.02. The molecule has 1 heterocycles. The van der Waals surface area contributed by atoms with Crippen LogP contribution in [0.15, 0.2) is 21.8 Å². The van der Waals surface area contributed by atoms with Crippen LogP contribution >= 0.6 is 11.3 Å². The second kappa shape index (κ2) is 8.89. The molecule has 0 aliphatic carbocycles. The lowest BCUT2D eigenvalue weighted by Gasteiger charge is -2.18. The van der Waals surface area contributed by atoms with Gasteiger partial charge < -0.3 is 10.6 Å². The van der Waals surface area contributed by atoms with Crippen molar-refractivity contribution in [2.75, 3.05) is 33.7 Å². The number of alkyl halides is 3. The third-order valence-electron chi connectivity index (χ3n) is 2.72. The highest BCUT2D eigenvalue weighted by Crippen LogP contribution is 2.15. The molecular weight excluding hydrogens is 301 g/mol.